The molecule has 0 amide bonds. The van der Waals surface area contributed by atoms with Crippen LogP contribution in [0.2, 0.25) is 0 Å². The maximum atomic E-state index is 9.42. The first-order chi connectivity index (χ1) is 32.7. The van der Waals surface area contributed by atoms with Crippen LogP contribution in [0.15, 0.2) is 169 Å². The van der Waals surface area contributed by atoms with Crippen LogP contribution in [-0.4, -0.2) is 9.13 Å². The topological polar surface area (TPSA) is 9.86 Å². The summed E-state index contributed by atoms with van der Waals surface area (Å²) >= 11 is 0. The number of rotatable bonds is 4. The van der Waals surface area contributed by atoms with Crippen LogP contribution in [0.4, 0.5) is 0 Å². The van der Waals surface area contributed by atoms with Gasteiger partial charge in [0.15, 0.2) is 0 Å². The Hall–Kier alpha value is -5.86. The van der Waals surface area contributed by atoms with E-state index in [2.05, 4.69) is 0 Å². The van der Waals surface area contributed by atoms with Crippen molar-refractivity contribution in [1.82, 2.24) is 9.13 Å². The van der Waals surface area contributed by atoms with Crippen LogP contribution < -0.4 is 0 Å². The number of hydrogen-bond donors (Lipinski definition) is 0. The predicted molar refractivity (Wildman–Crippen MR) is 186 cm³/mol. The van der Waals surface area contributed by atoms with Gasteiger partial charge in [0, 0.05) is 32.9 Å². The van der Waals surface area contributed by atoms with E-state index in [9.17, 15) is 9.60 Å². The molecule has 206 valence electrons. The number of nitrogens with zero attached hydrogens (tertiary/aromatic N) is 2. The standard InChI is InChI=1S/C42H28N2/c1-3-11-29(12-4-1)30-19-21-31(22-20-30)32-23-25-34(26-24-32)44-38-18-10-8-16-36(38)42-40(44)28-27-39-41(42)35-15-7-9-17-37(35)43(39)33-13-5-2-6-14-33/h1-28H/i1D,2D,3D,4D,5D,6D,7D,8D,9D,10D,11D,12D,13D,14D,15D,16D,17D,18D,19D,20D,21D,22D,23D,24D,25D,26D. The van der Waals surface area contributed by atoms with Gasteiger partial charge in [0.05, 0.1) is 57.7 Å². The van der Waals surface area contributed by atoms with Crippen molar-refractivity contribution in [3.05, 3.63) is 169 Å². The number of hydrogen-bond acceptors (Lipinski definition) is 0. The molecule has 0 N–H and O–H groups in total. The van der Waals surface area contributed by atoms with Gasteiger partial charge in [0.25, 0.3) is 0 Å². The van der Waals surface area contributed by atoms with Crippen LogP contribution in [-0.2, 0) is 0 Å². The highest BCUT2D eigenvalue weighted by molar-refractivity contribution is 6.28. The third kappa shape index (κ3) is 3.75. The Labute approximate surface area is 292 Å². The molecule has 0 spiro atoms. The van der Waals surface area contributed by atoms with E-state index in [4.69, 9.17) is 26.0 Å². The van der Waals surface area contributed by atoms with Gasteiger partial charge < -0.3 is 9.13 Å². The monoisotopic (exact) mass is 586 g/mol. The van der Waals surface area contributed by atoms with Gasteiger partial charge in [-0.05, 0) is 70.6 Å². The summed E-state index contributed by atoms with van der Waals surface area (Å²) in [4.78, 5) is 0. The number of para-hydroxylation sites is 3. The summed E-state index contributed by atoms with van der Waals surface area (Å²) in [5.74, 6) is 0. The lowest BCUT2D eigenvalue weighted by atomic mass is 10.0. The minimum atomic E-state index is -0.976. The van der Waals surface area contributed by atoms with Gasteiger partial charge >= 0.3 is 0 Å². The zero-order chi connectivity index (χ0) is 51.7. The van der Waals surface area contributed by atoms with E-state index in [0.717, 1.165) is 9.13 Å². The second-order valence-corrected chi connectivity index (χ2v) is 9.42. The highest BCUT2D eigenvalue weighted by Crippen LogP contribution is 2.42. The zero-order valence-corrected chi connectivity index (χ0v) is 22.0. The average Bonchev–Trinajstić information content (AvgIpc) is 3.86. The van der Waals surface area contributed by atoms with Gasteiger partial charge in [-0.2, -0.15) is 0 Å². The van der Waals surface area contributed by atoms with Gasteiger partial charge in [0.2, 0.25) is 0 Å². The summed E-state index contributed by atoms with van der Waals surface area (Å²) < 4.78 is 230. The van der Waals surface area contributed by atoms with E-state index >= 15 is 0 Å². The molecule has 2 heteroatoms. The third-order valence-corrected chi connectivity index (χ3v) is 7.10. The molecule has 0 unspecified atom stereocenters. The van der Waals surface area contributed by atoms with Crippen molar-refractivity contribution in [1.29, 1.82) is 0 Å². The van der Waals surface area contributed by atoms with E-state index in [1.165, 1.54) is 12.1 Å². The molecule has 0 saturated carbocycles. The van der Waals surface area contributed by atoms with Gasteiger partial charge in [-0.25, -0.2) is 0 Å². The van der Waals surface area contributed by atoms with Crippen molar-refractivity contribution in [2.24, 2.45) is 0 Å². The average molecular weight is 587 g/mol. The molecule has 0 aliphatic heterocycles. The Morgan fingerprint density at radius 3 is 1.18 bits per heavy atom. The zero-order valence-electron chi connectivity index (χ0n) is 48.0. The highest BCUT2D eigenvalue weighted by Gasteiger charge is 2.20. The molecule has 44 heavy (non-hydrogen) atoms. The molecular formula is C42H28N2. The van der Waals surface area contributed by atoms with Crippen molar-refractivity contribution in [2.45, 2.75) is 0 Å². The fourth-order valence-corrected chi connectivity index (χ4v) is 5.31. The summed E-state index contributed by atoms with van der Waals surface area (Å²) in [6.45, 7) is 0. The van der Waals surface area contributed by atoms with Gasteiger partial charge in [0.1, 0.15) is 0 Å². The molecule has 2 heterocycles. The summed E-state index contributed by atoms with van der Waals surface area (Å²) in [6, 6.07) is -19.2. The molecular weight excluding hydrogens is 532 g/mol. The van der Waals surface area contributed by atoms with Crippen molar-refractivity contribution in [2.75, 3.05) is 0 Å². The lowest BCUT2D eigenvalue weighted by Crippen LogP contribution is -1.94. The first-order valence-electron chi connectivity index (χ1n) is 26.0. The quantitative estimate of drug-likeness (QED) is 0.194. The van der Waals surface area contributed by atoms with Crippen LogP contribution in [0, 0.1) is 0 Å². The van der Waals surface area contributed by atoms with Crippen molar-refractivity contribution in [3.63, 3.8) is 0 Å². The molecule has 2 nitrogen and oxygen atoms in total. The Balaban J connectivity index is 1.45. The van der Waals surface area contributed by atoms with Crippen LogP contribution in [0.5, 0.6) is 0 Å². The number of aromatic nitrogens is 2. The van der Waals surface area contributed by atoms with Crippen LogP contribution in [0.3, 0.4) is 0 Å². The van der Waals surface area contributed by atoms with Gasteiger partial charge in [-0.15, -0.1) is 0 Å². The minimum absolute atomic E-state index is 0.134. The van der Waals surface area contributed by atoms with Crippen LogP contribution in [0.1, 0.15) is 35.6 Å². The molecule has 0 aliphatic rings. The lowest BCUT2D eigenvalue weighted by Gasteiger charge is -2.10. The Morgan fingerprint density at radius 1 is 0.318 bits per heavy atom. The van der Waals surface area contributed by atoms with Gasteiger partial charge in [-0.1, -0.05) is 121 Å². The number of fused-ring (bicyclic) bond motifs is 7. The predicted octanol–water partition coefficient (Wildman–Crippen LogP) is 11.2. The third-order valence-electron chi connectivity index (χ3n) is 7.10. The molecule has 0 atom stereocenters. The maximum Gasteiger partial charge on any atom is 0.0645 e. The molecule has 0 fully saturated rings. The minimum Gasteiger partial charge on any atom is -0.309 e. The molecule has 9 rings (SSSR count). The van der Waals surface area contributed by atoms with Crippen LogP contribution >= 0.6 is 0 Å². The molecule has 7 aromatic carbocycles. The normalized spacial score (nSPS) is 19.9. The van der Waals surface area contributed by atoms with E-state index < -0.39 is 196 Å². The van der Waals surface area contributed by atoms with E-state index in [0.29, 0.717) is 0 Å². The summed E-state index contributed by atoms with van der Waals surface area (Å²) in [7, 11) is 0. The Bertz CT molecular complexity index is 3850. The Kier molecular flexibility index (Phi) is 2.27. The van der Waals surface area contributed by atoms with E-state index in [1.807, 2.05) is 0 Å². The molecule has 0 aliphatic carbocycles. The second-order valence-electron chi connectivity index (χ2n) is 9.42. The molecule has 2 aromatic heterocycles. The van der Waals surface area contributed by atoms with E-state index in [-0.39, 0.29) is 38.1 Å². The summed E-state index contributed by atoms with van der Waals surface area (Å²) in [5, 5.41) is -1.07. The summed E-state index contributed by atoms with van der Waals surface area (Å²) in [5.41, 5.74) is -5.29. The first kappa shape index (κ1) is 10.1. The van der Waals surface area contributed by atoms with Crippen molar-refractivity contribution >= 4 is 43.6 Å². The van der Waals surface area contributed by atoms with Crippen LogP contribution in [0.25, 0.3) is 77.2 Å². The maximum absolute atomic E-state index is 9.42. The molecule has 0 saturated heterocycles. The molecule has 9 aromatic rings. The fraction of sp³-hybridized carbons (Fsp3) is 0. The molecule has 0 radical (unpaired) electrons. The first-order valence-corrected chi connectivity index (χ1v) is 13.0. The SMILES string of the molecule is [2H]c1c([2H])c([2H])c(-c2c([2H])c([2H])c(-c3c([2H])c([2H])c(-n4c5ccc6c(c7c([2H])c([2H])c([2H])c([2H])c7n6-c6c([2H])c([2H])c([2H])c([2H])c6[2H])c5c5c([2H])c([2H])c([2H])c([2H])c54)c([2H])c3[2H])c([2H])c2[2H])c([2H])c1[2H]. The van der Waals surface area contributed by atoms with Crippen molar-refractivity contribution in [3.8, 4) is 33.6 Å². The second kappa shape index (κ2) is 9.86. The highest BCUT2D eigenvalue weighted by atomic mass is 15.0. The number of benzene rings is 7. The van der Waals surface area contributed by atoms with E-state index in [1.54, 1.807) is 0 Å². The lowest BCUT2D eigenvalue weighted by molar-refractivity contribution is 1.17. The Morgan fingerprint density at radius 2 is 0.682 bits per heavy atom. The largest absolute Gasteiger partial charge is 0.309 e. The fourth-order valence-electron chi connectivity index (χ4n) is 5.31. The smallest absolute Gasteiger partial charge is 0.0645 e. The van der Waals surface area contributed by atoms with Gasteiger partial charge in [-0.3, -0.25) is 0 Å². The molecule has 0 bridgehead atoms. The summed E-state index contributed by atoms with van der Waals surface area (Å²) in [6.07, 6.45) is 0. The van der Waals surface area contributed by atoms with Crippen molar-refractivity contribution < 1.29 is 35.6 Å².